The molecular formula is C15H22O. The zero-order valence-electron chi connectivity index (χ0n) is 10.2. The molecule has 0 aromatic rings. The van der Waals surface area contributed by atoms with E-state index in [9.17, 15) is 0 Å². The van der Waals surface area contributed by atoms with E-state index in [1.54, 1.807) is 0 Å². The van der Waals surface area contributed by atoms with Crippen LogP contribution in [0.5, 0.6) is 0 Å². The Hall–Kier alpha value is -0.300. The van der Waals surface area contributed by atoms with E-state index in [0.717, 1.165) is 23.7 Å². The van der Waals surface area contributed by atoms with Crippen molar-refractivity contribution in [2.45, 2.75) is 51.0 Å². The van der Waals surface area contributed by atoms with Crippen molar-refractivity contribution in [3.63, 3.8) is 0 Å². The smallest absolute Gasteiger partial charge is 0.0608 e. The van der Waals surface area contributed by atoms with Crippen LogP contribution in [0.1, 0.15) is 44.9 Å². The standard InChI is InChI=1S/C15H22O/c1-16-15-8-11-6-12(15)7-14(11)13-5-9-2-3-10(13)4-9/h9-12,15H,2-8H2,1H3. The lowest BCUT2D eigenvalue weighted by molar-refractivity contribution is 0.0644. The summed E-state index contributed by atoms with van der Waals surface area (Å²) in [6.45, 7) is 0. The van der Waals surface area contributed by atoms with Gasteiger partial charge < -0.3 is 4.74 Å². The molecule has 4 aliphatic rings. The third-order valence-electron chi connectivity index (χ3n) is 5.86. The summed E-state index contributed by atoms with van der Waals surface area (Å²) in [6.07, 6.45) is 10.8. The number of rotatable bonds is 1. The second-order valence-corrected chi connectivity index (χ2v) is 6.54. The van der Waals surface area contributed by atoms with Gasteiger partial charge in [0, 0.05) is 7.11 Å². The Morgan fingerprint density at radius 1 is 0.938 bits per heavy atom. The first-order chi connectivity index (χ1) is 7.85. The van der Waals surface area contributed by atoms with Crippen LogP contribution in [-0.4, -0.2) is 13.2 Å². The topological polar surface area (TPSA) is 9.23 Å². The van der Waals surface area contributed by atoms with Crippen LogP contribution >= 0.6 is 0 Å². The van der Waals surface area contributed by atoms with Gasteiger partial charge >= 0.3 is 0 Å². The fourth-order valence-corrected chi connectivity index (χ4v) is 5.16. The molecule has 0 heterocycles. The summed E-state index contributed by atoms with van der Waals surface area (Å²) in [4.78, 5) is 0. The Morgan fingerprint density at radius 2 is 1.81 bits per heavy atom. The zero-order chi connectivity index (χ0) is 10.7. The molecular weight excluding hydrogens is 196 g/mol. The molecule has 4 bridgehead atoms. The van der Waals surface area contributed by atoms with Crippen molar-refractivity contribution in [2.24, 2.45) is 23.7 Å². The third-order valence-corrected chi connectivity index (χ3v) is 5.86. The summed E-state index contributed by atoms with van der Waals surface area (Å²) in [5.41, 5.74) is 3.84. The van der Waals surface area contributed by atoms with E-state index in [2.05, 4.69) is 0 Å². The van der Waals surface area contributed by atoms with E-state index in [-0.39, 0.29) is 0 Å². The molecule has 4 aliphatic carbocycles. The van der Waals surface area contributed by atoms with E-state index >= 15 is 0 Å². The second kappa shape index (κ2) is 3.35. The lowest BCUT2D eigenvalue weighted by Crippen LogP contribution is -2.20. The van der Waals surface area contributed by atoms with Crippen LogP contribution in [0.4, 0.5) is 0 Å². The first-order valence-corrected chi connectivity index (χ1v) is 7.09. The van der Waals surface area contributed by atoms with Gasteiger partial charge in [0.25, 0.3) is 0 Å². The predicted molar refractivity (Wildman–Crippen MR) is 64.1 cm³/mol. The maximum Gasteiger partial charge on any atom is 0.0608 e. The first kappa shape index (κ1) is 9.70. The van der Waals surface area contributed by atoms with E-state index in [0.29, 0.717) is 6.10 Å². The molecule has 0 N–H and O–H groups in total. The van der Waals surface area contributed by atoms with Gasteiger partial charge in [-0.2, -0.15) is 0 Å². The van der Waals surface area contributed by atoms with Crippen molar-refractivity contribution in [1.29, 1.82) is 0 Å². The lowest BCUT2D eigenvalue weighted by atomic mass is 9.83. The quantitative estimate of drug-likeness (QED) is 0.612. The average Bonchev–Trinajstić information content (AvgIpc) is 3.05. The normalized spacial score (nSPS) is 54.2. The predicted octanol–water partition coefficient (Wildman–Crippen LogP) is 3.55. The van der Waals surface area contributed by atoms with Crippen LogP contribution < -0.4 is 0 Å². The molecule has 1 nitrogen and oxygen atoms in total. The highest BCUT2D eigenvalue weighted by Crippen LogP contribution is 2.56. The fourth-order valence-electron chi connectivity index (χ4n) is 5.16. The molecule has 0 spiro atoms. The van der Waals surface area contributed by atoms with E-state index in [1.165, 1.54) is 44.9 Å². The molecule has 16 heavy (non-hydrogen) atoms. The summed E-state index contributed by atoms with van der Waals surface area (Å²) in [5, 5.41) is 0. The lowest BCUT2D eigenvalue weighted by Gasteiger charge is -2.26. The van der Waals surface area contributed by atoms with E-state index < -0.39 is 0 Å². The number of methoxy groups -OCH3 is 1. The fraction of sp³-hybridized carbons (Fsp3) is 0.867. The monoisotopic (exact) mass is 218 g/mol. The van der Waals surface area contributed by atoms with Crippen molar-refractivity contribution in [2.75, 3.05) is 7.11 Å². The summed E-state index contributed by atoms with van der Waals surface area (Å²) in [5.74, 6) is 3.88. The molecule has 0 aromatic carbocycles. The first-order valence-electron chi connectivity index (χ1n) is 7.09. The van der Waals surface area contributed by atoms with Crippen molar-refractivity contribution in [3.05, 3.63) is 11.1 Å². The molecule has 4 fully saturated rings. The SMILES string of the molecule is COC1CC2CC1CC2=C1CC2CCC1C2. The minimum absolute atomic E-state index is 0.591. The molecule has 0 aromatic heterocycles. The molecule has 5 unspecified atom stereocenters. The van der Waals surface area contributed by atoms with Crippen LogP contribution in [0.3, 0.4) is 0 Å². The molecule has 88 valence electrons. The van der Waals surface area contributed by atoms with Gasteiger partial charge in [0.2, 0.25) is 0 Å². The maximum absolute atomic E-state index is 5.60. The third kappa shape index (κ3) is 1.21. The van der Waals surface area contributed by atoms with Crippen molar-refractivity contribution in [1.82, 2.24) is 0 Å². The molecule has 0 saturated heterocycles. The Balaban J connectivity index is 1.61. The maximum atomic E-state index is 5.60. The minimum atomic E-state index is 0.591. The van der Waals surface area contributed by atoms with Crippen LogP contribution in [0, 0.1) is 23.7 Å². The molecule has 0 radical (unpaired) electrons. The van der Waals surface area contributed by atoms with Gasteiger partial charge in [-0.15, -0.1) is 0 Å². The molecule has 0 amide bonds. The number of allylic oxidation sites excluding steroid dienone is 2. The van der Waals surface area contributed by atoms with Gasteiger partial charge in [0.15, 0.2) is 0 Å². The molecule has 0 aliphatic heterocycles. The van der Waals surface area contributed by atoms with Gasteiger partial charge in [-0.05, 0) is 68.6 Å². The second-order valence-electron chi connectivity index (χ2n) is 6.54. The van der Waals surface area contributed by atoms with Gasteiger partial charge in [-0.1, -0.05) is 11.1 Å². The van der Waals surface area contributed by atoms with Crippen LogP contribution in [0.25, 0.3) is 0 Å². The number of hydrogen-bond donors (Lipinski definition) is 0. The number of fused-ring (bicyclic) bond motifs is 4. The largest absolute Gasteiger partial charge is 0.381 e. The van der Waals surface area contributed by atoms with Crippen LogP contribution in [-0.2, 0) is 4.74 Å². The van der Waals surface area contributed by atoms with Gasteiger partial charge in [0.1, 0.15) is 0 Å². The highest BCUT2D eigenvalue weighted by atomic mass is 16.5. The Bertz CT molecular complexity index is 343. The molecule has 4 saturated carbocycles. The van der Waals surface area contributed by atoms with Crippen LogP contribution in [0.2, 0.25) is 0 Å². The minimum Gasteiger partial charge on any atom is -0.381 e. The van der Waals surface area contributed by atoms with E-state index in [1.807, 2.05) is 18.3 Å². The summed E-state index contributed by atoms with van der Waals surface area (Å²) < 4.78 is 5.60. The molecule has 1 heteroatoms. The summed E-state index contributed by atoms with van der Waals surface area (Å²) in [6, 6.07) is 0. The average molecular weight is 218 g/mol. The van der Waals surface area contributed by atoms with E-state index in [4.69, 9.17) is 4.74 Å². The summed E-state index contributed by atoms with van der Waals surface area (Å²) >= 11 is 0. The molecule has 5 atom stereocenters. The highest BCUT2D eigenvalue weighted by molar-refractivity contribution is 5.30. The van der Waals surface area contributed by atoms with Crippen LogP contribution in [0.15, 0.2) is 11.1 Å². The number of ether oxygens (including phenoxy) is 1. The Kier molecular flexibility index (Phi) is 2.03. The summed E-state index contributed by atoms with van der Waals surface area (Å²) in [7, 11) is 1.90. The van der Waals surface area contributed by atoms with Gasteiger partial charge in [-0.3, -0.25) is 0 Å². The zero-order valence-corrected chi connectivity index (χ0v) is 10.2. The Labute approximate surface area is 98.2 Å². The Morgan fingerprint density at radius 3 is 2.38 bits per heavy atom. The van der Waals surface area contributed by atoms with Crippen molar-refractivity contribution in [3.8, 4) is 0 Å². The molecule has 4 rings (SSSR count). The van der Waals surface area contributed by atoms with Gasteiger partial charge in [0.05, 0.1) is 6.10 Å². The number of hydrogen-bond acceptors (Lipinski definition) is 1. The highest BCUT2D eigenvalue weighted by Gasteiger charge is 2.46. The van der Waals surface area contributed by atoms with Gasteiger partial charge in [-0.25, -0.2) is 0 Å². The van der Waals surface area contributed by atoms with Crippen molar-refractivity contribution >= 4 is 0 Å². The van der Waals surface area contributed by atoms with Crippen molar-refractivity contribution < 1.29 is 4.74 Å².